The summed E-state index contributed by atoms with van der Waals surface area (Å²) in [4.78, 5) is 6.60. The molecule has 0 aliphatic carbocycles. The van der Waals surface area contributed by atoms with Crippen LogP contribution in [0.3, 0.4) is 0 Å². The average molecular weight is 243 g/mol. The molecule has 1 unspecified atom stereocenters. The van der Waals surface area contributed by atoms with Crippen LogP contribution < -0.4 is 10.6 Å². The number of hydrogen-bond donors (Lipinski definition) is 1. The molecule has 0 saturated carbocycles. The van der Waals surface area contributed by atoms with Crippen LogP contribution in [0.4, 0.5) is 5.69 Å². The van der Waals surface area contributed by atoms with Crippen molar-refractivity contribution in [3.63, 3.8) is 0 Å². The molecule has 0 amide bonds. The van der Waals surface area contributed by atoms with Crippen LogP contribution in [-0.4, -0.2) is 12.5 Å². The third kappa shape index (κ3) is 2.18. The van der Waals surface area contributed by atoms with Crippen LogP contribution in [0.25, 0.3) is 5.70 Å². The lowest BCUT2D eigenvalue weighted by molar-refractivity contribution is 0.621. The van der Waals surface area contributed by atoms with Crippen molar-refractivity contribution in [2.45, 2.75) is 39.8 Å². The van der Waals surface area contributed by atoms with Gasteiger partial charge in [0.25, 0.3) is 0 Å². The van der Waals surface area contributed by atoms with Crippen LogP contribution in [0.2, 0.25) is 0 Å². The minimum absolute atomic E-state index is 0.00212. The third-order valence-corrected chi connectivity index (χ3v) is 3.32. The number of aryl methyl sites for hydroxylation is 1. The summed E-state index contributed by atoms with van der Waals surface area (Å²) in [6.07, 6.45) is 5.94. The van der Waals surface area contributed by atoms with Gasteiger partial charge in [0.1, 0.15) is 0 Å². The molecule has 0 bridgehead atoms. The SMILES string of the molecule is C/C=C1\N=CN(C(N)CCC)c2cccc(C)c21. The highest BCUT2D eigenvalue weighted by Crippen LogP contribution is 2.34. The van der Waals surface area contributed by atoms with Crippen molar-refractivity contribution in [1.29, 1.82) is 0 Å². The summed E-state index contributed by atoms with van der Waals surface area (Å²) in [6, 6.07) is 6.31. The Balaban J connectivity index is 2.48. The first-order valence-electron chi connectivity index (χ1n) is 6.53. The van der Waals surface area contributed by atoms with E-state index in [0.29, 0.717) is 0 Å². The molecule has 1 atom stereocenters. The van der Waals surface area contributed by atoms with Gasteiger partial charge in [-0.15, -0.1) is 0 Å². The molecule has 1 aromatic carbocycles. The summed E-state index contributed by atoms with van der Waals surface area (Å²) in [6.45, 7) is 6.28. The topological polar surface area (TPSA) is 41.6 Å². The molecule has 3 heteroatoms. The van der Waals surface area contributed by atoms with Crippen molar-refractivity contribution in [3.8, 4) is 0 Å². The number of rotatable bonds is 3. The smallest absolute Gasteiger partial charge is 0.0970 e. The Hall–Kier alpha value is -1.61. The molecule has 1 aliphatic heterocycles. The van der Waals surface area contributed by atoms with Crippen molar-refractivity contribution in [1.82, 2.24) is 0 Å². The average Bonchev–Trinajstić information content (AvgIpc) is 2.38. The second kappa shape index (κ2) is 5.36. The molecule has 1 heterocycles. The summed E-state index contributed by atoms with van der Waals surface area (Å²) in [5.41, 5.74) is 10.9. The number of allylic oxidation sites excluding steroid dienone is 1. The largest absolute Gasteiger partial charge is 0.316 e. The van der Waals surface area contributed by atoms with E-state index in [4.69, 9.17) is 5.73 Å². The zero-order chi connectivity index (χ0) is 13.1. The number of hydrogen-bond acceptors (Lipinski definition) is 3. The molecule has 3 nitrogen and oxygen atoms in total. The standard InChI is InChI=1S/C15H21N3/c1-4-7-14(16)18-10-17-12(5-2)15-11(3)8-6-9-13(15)18/h5-6,8-10,14H,4,7,16H2,1-3H3/b12-5-. The van der Waals surface area contributed by atoms with Crippen molar-refractivity contribution in [2.24, 2.45) is 10.7 Å². The monoisotopic (exact) mass is 243 g/mol. The van der Waals surface area contributed by atoms with Crippen LogP contribution >= 0.6 is 0 Å². The molecule has 18 heavy (non-hydrogen) atoms. The van der Waals surface area contributed by atoms with Gasteiger partial charge in [-0.05, 0) is 31.9 Å². The Kier molecular flexibility index (Phi) is 3.82. The zero-order valence-corrected chi connectivity index (χ0v) is 11.4. The fraction of sp³-hybridized carbons (Fsp3) is 0.400. The highest BCUT2D eigenvalue weighted by Gasteiger charge is 2.22. The molecule has 0 radical (unpaired) electrons. The maximum Gasteiger partial charge on any atom is 0.0970 e. The van der Waals surface area contributed by atoms with Crippen molar-refractivity contribution in [2.75, 3.05) is 4.90 Å². The van der Waals surface area contributed by atoms with Gasteiger partial charge in [-0.2, -0.15) is 0 Å². The molecule has 2 N–H and O–H groups in total. The minimum atomic E-state index is -0.00212. The first-order chi connectivity index (χ1) is 8.69. The van der Waals surface area contributed by atoms with Gasteiger partial charge in [-0.1, -0.05) is 31.6 Å². The van der Waals surface area contributed by atoms with E-state index in [-0.39, 0.29) is 6.17 Å². The molecule has 1 aliphatic rings. The van der Waals surface area contributed by atoms with Gasteiger partial charge < -0.3 is 10.6 Å². The van der Waals surface area contributed by atoms with Gasteiger partial charge >= 0.3 is 0 Å². The van der Waals surface area contributed by atoms with E-state index in [1.807, 2.05) is 19.3 Å². The highest BCUT2D eigenvalue weighted by molar-refractivity contribution is 5.95. The molecular weight excluding hydrogens is 222 g/mol. The number of aliphatic imine (C=N–C) groups is 1. The normalized spacial score (nSPS) is 18.0. The number of fused-ring (bicyclic) bond motifs is 1. The minimum Gasteiger partial charge on any atom is -0.316 e. The number of nitrogens with two attached hydrogens (primary N) is 1. The molecule has 96 valence electrons. The first kappa shape index (κ1) is 12.8. The first-order valence-corrected chi connectivity index (χ1v) is 6.53. The summed E-state index contributed by atoms with van der Waals surface area (Å²) in [5, 5.41) is 0. The van der Waals surface area contributed by atoms with Crippen LogP contribution in [0, 0.1) is 6.92 Å². The Labute approximate surface area is 109 Å². The predicted molar refractivity (Wildman–Crippen MR) is 78.7 cm³/mol. The summed E-state index contributed by atoms with van der Waals surface area (Å²) < 4.78 is 0. The van der Waals surface area contributed by atoms with Crippen LogP contribution in [0.5, 0.6) is 0 Å². The van der Waals surface area contributed by atoms with Gasteiger partial charge in [0.15, 0.2) is 0 Å². The van der Waals surface area contributed by atoms with Crippen molar-refractivity contribution in [3.05, 3.63) is 35.4 Å². The van der Waals surface area contributed by atoms with Gasteiger partial charge in [0.2, 0.25) is 0 Å². The molecular formula is C15H21N3. The zero-order valence-electron chi connectivity index (χ0n) is 11.4. The Bertz CT molecular complexity index is 489. The van der Waals surface area contributed by atoms with Gasteiger partial charge in [-0.3, -0.25) is 0 Å². The lowest BCUT2D eigenvalue weighted by Gasteiger charge is -2.32. The lowest BCUT2D eigenvalue weighted by atomic mass is 10.0. The second-order valence-corrected chi connectivity index (χ2v) is 4.65. The van der Waals surface area contributed by atoms with Gasteiger partial charge in [0.05, 0.1) is 23.9 Å². The summed E-state index contributed by atoms with van der Waals surface area (Å²) >= 11 is 0. The molecule has 0 spiro atoms. The van der Waals surface area contributed by atoms with E-state index in [0.717, 1.165) is 18.5 Å². The molecule has 2 rings (SSSR count). The van der Waals surface area contributed by atoms with E-state index in [1.54, 1.807) is 0 Å². The van der Waals surface area contributed by atoms with E-state index >= 15 is 0 Å². The summed E-state index contributed by atoms with van der Waals surface area (Å²) in [5.74, 6) is 0. The maximum atomic E-state index is 6.23. The third-order valence-electron chi connectivity index (χ3n) is 3.32. The predicted octanol–water partition coefficient (Wildman–Crippen LogP) is 3.29. The molecule has 1 aromatic rings. The lowest BCUT2D eigenvalue weighted by Crippen LogP contribution is -2.42. The Morgan fingerprint density at radius 3 is 2.89 bits per heavy atom. The second-order valence-electron chi connectivity index (χ2n) is 4.65. The highest BCUT2D eigenvalue weighted by atomic mass is 15.3. The fourth-order valence-electron chi connectivity index (χ4n) is 2.37. The van der Waals surface area contributed by atoms with E-state index < -0.39 is 0 Å². The van der Waals surface area contributed by atoms with Crippen LogP contribution in [0.1, 0.15) is 37.8 Å². The molecule has 0 aromatic heterocycles. The maximum absolute atomic E-state index is 6.23. The summed E-state index contributed by atoms with van der Waals surface area (Å²) in [7, 11) is 0. The number of nitrogens with zero attached hydrogens (tertiary/aromatic N) is 2. The van der Waals surface area contributed by atoms with Gasteiger partial charge in [-0.25, -0.2) is 4.99 Å². The van der Waals surface area contributed by atoms with Crippen molar-refractivity contribution >= 4 is 17.7 Å². The van der Waals surface area contributed by atoms with Gasteiger partial charge in [0, 0.05) is 5.56 Å². The van der Waals surface area contributed by atoms with E-state index in [2.05, 4.69) is 41.9 Å². The Morgan fingerprint density at radius 2 is 2.22 bits per heavy atom. The van der Waals surface area contributed by atoms with Crippen LogP contribution in [0.15, 0.2) is 29.3 Å². The van der Waals surface area contributed by atoms with E-state index in [1.165, 1.54) is 16.8 Å². The molecule has 0 saturated heterocycles. The fourth-order valence-corrected chi connectivity index (χ4v) is 2.37. The Morgan fingerprint density at radius 1 is 1.44 bits per heavy atom. The van der Waals surface area contributed by atoms with Crippen molar-refractivity contribution < 1.29 is 0 Å². The number of benzene rings is 1. The number of anilines is 1. The molecule has 0 fully saturated rings. The van der Waals surface area contributed by atoms with E-state index in [9.17, 15) is 0 Å². The van der Waals surface area contributed by atoms with Crippen LogP contribution in [-0.2, 0) is 0 Å². The quantitative estimate of drug-likeness (QED) is 0.885.